The molecule has 0 radical (unpaired) electrons. The van der Waals surface area contributed by atoms with E-state index in [4.69, 9.17) is 14.7 Å². The molecule has 0 atom stereocenters. The van der Waals surface area contributed by atoms with Crippen LogP contribution >= 0.6 is 0 Å². The van der Waals surface area contributed by atoms with E-state index in [0.29, 0.717) is 66.6 Å². The average Bonchev–Trinajstić information content (AvgIpc) is 3.63. The van der Waals surface area contributed by atoms with E-state index in [1.807, 2.05) is 11.8 Å². The molecule has 1 amide bonds. The predicted octanol–water partition coefficient (Wildman–Crippen LogP) is 3.73. The highest BCUT2D eigenvalue weighted by Crippen LogP contribution is 2.31. The molecule has 2 aliphatic rings. The number of benzene rings is 1. The van der Waals surface area contributed by atoms with Crippen molar-refractivity contribution in [3.63, 3.8) is 0 Å². The third kappa shape index (κ3) is 5.79. The Morgan fingerprint density at radius 3 is 2.88 bits per heavy atom. The minimum Gasteiger partial charge on any atom is -0.495 e. The molecule has 1 aliphatic heterocycles. The second kappa shape index (κ2) is 10.3. The van der Waals surface area contributed by atoms with E-state index in [1.54, 1.807) is 37.6 Å². The van der Waals surface area contributed by atoms with Crippen molar-refractivity contribution in [1.29, 1.82) is 5.26 Å². The van der Waals surface area contributed by atoms with Gasteiger partial charge < -0.3 is 24.7 Å². The molecule has 4 rings (SSSR count). The van der Waals surface area contributed by atoms with Gasteiger partial charge in [-0.3, -0.25) is 4.79 Å². The number of rotatable bonds is 5. The number of carbonyl (C=O) groups is 1. The number of amides is 1. The Bertz CT molecular complexity index is 1100. The number of hydrogen-bond acceptors (Lipinski definition) is 5. The van der Waals surface area contributed by atoms with Gasteiger partial charge in [0.15, 0.2) is 0 Å². The molecule has 2 heterocycles. The van der Waals surface area contributed by atoms with Gasteiger partial charge in [0.2, 0.25) is 5.96 Å². The Kier molecular flexibility index (Phi) is 7.05. The lowest BCUT2D eigenvalue weighted by atomic mass is 10.1. The molecule has 2 aromatic rings. The van der Waals surface area contributed by atoms with Crippen LogP contribution in [0.2, 0.25) is 0 Å². The summed E-state index contributed by atoms with van der Waals surface area (Å²) < 4.78 is 11.0. The lowest BCUT2D eigenvalue weighted by Gasteiger charge is -2.20. The Morgan fingerprint density at radius 2 is 2.15 bits per heavy atom. The molecular formula is C24H28N6O3. The van der Waals surface area contributed by atoms with Crippen LogP contribution in [0.1, 0.15) is 42.1 Å². The highest BCUT2D eigenvalue weighted by molar-refractivity contribution is 6.05. The maximum Gasteiger partial charge on any atom is 0.254 e. The summed E-state index contributed by atoms with van der Waals surface area (Å²) in [7, 11) is 1.56. The van der Waals surface area contributed by atoms with Crippen LogP contribution in [0.5, 0.6) is 5.75 Å². The second-order valence-electron chi connectivity index (χ2n) is 8.15. The van der Waals surface area contributed by atoms with Crippen LogP contribution in [0.25, 0.3) is 0 Å². The zero-order valence-electron chi connectivity index (χ0n) is 18.9. The van der Waals surface area contributed by atoms with Crippen molar-refractivity contribution in [3.8, 4) is 11.8 Å². The third-order valence-corrected chi connectivity index (χ3v) is 5.68. The number of nitrogens with zero attached hydrogens (tertiary/aromatic N) is 4. The number of ether oxygens (including phenoxy) is 2. The SMILES string of the molecule is COc1cc(C(=O)N2CCCOCC2)ccc1NC(=Nc1cc(C#N)c[nH]1)N=C(C)C1CC1. The average molecular weight is 449 g/mol. The van der Waals surface area contributed by atoms with E-state index in [2.05, 4.69) is 26.4 Å². The van der Waals surface area contributed by atoms with Gasteiger partial charge in [0.05, 0.1) is 25.0 Å². The minimum atomic E-state index is -0.0442. The molecule has 9 heteroatoms. The van der Waals surface area contributed by atoms with Crippen molar-refractivity contribution in [1.82, 2.24) is 9.88 Å². The number of aromatic nitrogens is 1. The largest absolute Gasteiger partial charge is 0.495 e. The number of anilines is 1. The Labute approximate surface area is 193 Å². The fraction of sp³-hybridized carbons (Fsp3) is 0.417. The van der Waals surface area contributed by atoms with Crippen LogP contribution in [0.4, 0.5) is 11.5 Å². The summed E-state index contributed by atoms with van der Waals surface area (Å²) in [6.07, 6.45) is 4.69. The number of nitriles is 1. The van der Waals surface area contributed by atoms with Crippen molar-refractivity contribution >= 4 is 29.1 Å². The van der Waals surface area contributed by atoms with E-state index in [0.717, 1.165) is 25.0 Å². The fourth-order valence-corrected chi connectivity index (χ4v) is 3.65. The van der Waals surface area contributed by atoms with E-state index in [1.165, 1.54) is 0 Å². The number of hydrogen-bond donors (Lipinski definition) is 2. The number of aliphatic imine (C=N–C) groups is 2. The Balaban J connectivity index is 1.59. The smallest absolute Gasteiger partial charge is 0.254 e. The summed E-state index contributed by atoms with van der Waals surface area (Å²) in [6, 6.07) is 9.05. The normalized spacial score (nSPS) is 17.3. The molecule has 1 aromatic carbocycles. The first-order valence-electron chi connectivity index (χ1n) is 11.1. The lowest BCUT2D eigenvalue weighted by molar-refractivity contribution is 0.0741. The highest BCUT2D eigenvalue weighted by atomic mass is 16.5. The van der Waals surface area contributed by atoms with Crippen LogP contribution in [0.3, 0.4) is 0 Å². The Morgan fingerprint density at radius 1 is 1.30 bits per heavy atom. The van der Waals surface area contributed by atoms with Gasteiger partial charge in [-0.25, -0.2) is 4.99 Å². The first-order valence-corrected chi connectivity index (χ1v) is 11.1. The zero-order valence-corrected chi connectivity index (χ0v) is 18.9. The van der Waals surface area contributed by atoms with E-state index < -0.39 is 0 Å². The van der Waals surface area contributed by atoms with Gasteiger partial charge in [-0.05, 0) is 50.3 Å². The van der Waals surface area contributed by atoms with E-state index in [-0.39, 0.29) is 5.91 Å². The van der Waals surface area contributed by atoms with Crippen molar-refractivity contribution in [2.45, 2.75) is 26.2 Å². The Hall–Kier alpha value is -3.64. The lowest BCUT2D eigenvalue weighted by Crippen LogP contribution is -2.33. The first kappa shape index (κ1) is 22.6. The maximum atomic E-state index is 13.0. The van der Waals surface area contributed by atoms with Gasteiger partial charge in [0.1, 0.15) is 17.6 Å². The number of nitrogens with one attached hydrogen (secondary N) is 2. The number of aromatic amines is 1. The van der Waals surface area contributed by atoms with E-state index >= 15 is 0 Å². The van der Waals surface area contributed by atoms with Crippen LogP contribution in [0.15, 0.2) is 40.4 Å². The number of H-pyrrole nitrogens is 1. The summed E-state index contributed by atoms with van der Waals surface area (Å²) in [5.41, 5.74) is 2.70. The molecule has 1 saturated heterocycles. The van der Waals surface area contributed by atoms with Crippen LogP contribution in [0, 0.1) is 17.2 Å². The number of carbonyl (C=O) groups excluding carboxylic acids is 1. The molecule has 1 saturated carbocycles. The van der Waals surface area contributed by atoms with Crippen molar-refractivity contribution < 1.29 is 14.3 Å². The molecule has 2 N–H and O–H groups in total. The van der Waals surface area contributed by atoms with Gasteiger partial charge in [0.25, 0.3) is 5.91 Å². The molecule has 1 aromatic heterocycles. The molecule has 0 spiro atoms. The van der Waals surface area contributed by atoms with Gasteiger partial charge in [-0.2, -0.15) is 10.3 Å². The second-order valence-corrected chi connectivity index (χ2v) is 8.15. The van der Waals surface area contributed by atoms with Gasteiger partial charge in [0, 0.05) is 43.2 Å². The molecule has 0 unspecified atom stereocenters. The topological polar surface area (TPSA) is 115 Å². The quantitative estimate of drug-likeness (QED) is 0.534. The number of methoxy groups -OCH3 is 1. The maximum absolute atomic E-state index is 13.0. The zero-order chi connectivity index (χ0) is 23.2. The molecule has 1 aliphatic carbocycles. The van der Waals surface area contributed by atoms with Gasteiger partial charge in [-0.15, -0.1) is 0 Å². The summed E-state index contributed by atoms with van der Waals surface area (Å²) in [6.45, 7) is 4.47. The molecule has 9 nitrogen and oxygen atoms in total. The van der Waals surface area contributed by atoms with Crippen LogP contribution in [-0.2, 0) is 4.74 Å². The van der Waals surface area contributed by atoms with Crippen LogP contribution in [-0.4, -0.2) is 60.9 Å². The highest BCUT2D eigenvalue weighted by Gasteiger charge is 2.25. The van der Waals surface area contributed by atoms with Crippen molar-refractivity contribution in [3.05, 3.63) is 41.6 Å². The summed E-state index contributed by atoms with van der Waals surface area (Å²) in [5, 5.41) is 12.3. The molecule has 0 bridgehead atoms. The van der Waals surface area contributed by atoms with Crippen molar-refractivity contribution in [2.75, 3.05) is 38.7 Å². The van der Waals surface area contributed by atoms with Crippen molar-refractivity contribution in [2.24, 2.45) is 15.9 Å². The van der Waals surface area contributed by atoms with E-state index in [9.17, 15) is 4.79 Å². The standard InChI is InChI=1S/C24H28N6O3/c1-16(18-4-5-18)27-24(29-22-12-17(14-25)15-26-22)28-20-7-6-19(13-21(20)32-2)23(31)30-8-3-10-33-11-9-30/h6-7,12-13,15,18,26H,3-5,8-11H2,1-2H3,(H,28,29). The molecule has 2 fully saturated rings. The fourth-order valence-electron chi connectivity index (χ4n) is 3.65. The third-order valence-electron chi connectivity index (χ3n) is 5.68. The summed E-state index contributed by atoms with van der Waals surface area (Å²) in [5.74, 6) is 1.86. The van der Waals surface area contributed by atoms with Gasteiger partial charge >= 0.3 is 0 Å². The first-order chi connectivity index (χ1) is 16.1. The van der Waals surface area contributed by atoms with Crippen LogP contribution < -0.4 is 10.1 Å². The number of guanidine groups is 1. The molecule has 33 heavy (non-hydrogen) atoms. The molecule has 172 valence electrons. The summed E-state index contributed by atoms with van der Waals surface area (Å²) >= 11 is 0. The summed E-state index contributed by atoms with van der Waals surface area (Å²) in [4.78, 5) is 27.0. The predicted molar refractivity (Wildman–Crippen MR) is 126 cm³/mol. The molecular weight excluding hydrogens is 420 g/mol. The monoisotopic (exact) mass is 448 g/mol. The van der Waals surface area contributed by atoms with Gasteiger partial charge in [-0.1, -0.05) is 0 Å². The minimum absolute atomic E-state index is 0.0442.